The summed E-state index contributed by atoms with van der Waals surface area (Å²) in [5, 5.41) is 0. The molecule has 0 bridgehead atoms. The molecule has 1 aliphatic heterocycles. The summed E-state index contributed by atoms with van der Waals surface area (Å²) in [5.41, 5.74) is 5.59. The van der Waals surface area contributed by atoms with E-state index in [2.05, 4.69) is 65.4 Å². The molecule has 0 spiro atoms. The zero-order valence-corrected chi connectivity index (χ0v) is 14.6. The molecule has 2 aromatic carbocycles. The van der Waals surface area contributed by atoms with E-state index >= 15 is 0 Å². The smallest absolute Gasteiger partial charge is 0.0411 e. The largest absolute Gasteiger partial charge is 0.345 e. The minimum atomic E-state index is 0. The number of para-hydroxylation sites is 1. The van der Waals surface area contributed by atoms with Crippen LogP contribution in [0.2, 0.25) is 0 Å². The Kier molecular flexibility index (Phi) is 4.93. The number of hydrogen-bond donors (Lipinski definition) is 0. The molecule has 1 saturated carbocycles. The summed E-state index contributed by atoms with van der Waals surface area (Å²) in [4.78, 5) is 4.92. The van der Waals surface area contributed by atoms with Gasteiger partial charge in [-0.3, -0.25) is 4.90 Å². The van der Waals surface area contributed by atoms with Crippen LogP contribution in [0.5, 0.6) is 0 Å². The van der Waals surface area contributed by atoms with Crippen molar-refractivity contribution in [2.45, 2.75) is 25.8 Å². The quantitative estimate of drug-likeness (QED) is 0.806. The number of halogens is 1. The fourth-order valence-electron chi connectivity index (χ4n) is 3.43. The van der Waals surface area contributed by atoms with Crippen molar-refractivity contribution in [1.82, 2.24) is 4.90 Å². The van der Waals surface area contributed by atoms with Crippen LogP contribution in [0.15, 0.2) is 48.5 Å². The van der Waals surface area contributed by atoms with E-state index < -0.39 is 0 Å². The summed E-state index contributed by atoms with van der Waals surface area (Å²) in [5.74, 6) is 0.983. The number of nitrogens with zero attached hydrogens (tertiary/aromatic N) is 2. The van der Waals surface area contributed by atoms with Gasteiger partial charge in [-0.2, -0.15) is 0 Å². The molecule has 3 heteroatoms. The lowest BCUT2D eigenvalue weighted by Gasteiger charge is -2.30. The minimum absolute atomic E-state index is 0. The molecule has 2 nitrogen and oxygen atoms in total. The molecule has 0 aromatic heterocycles. The molecule has 1 heterocycles. The van der Waals surface area contributed by atoms with Gasteiger partial charge in [-0.15, -0.1) is 12.4 Å². The number of rotatable bonds is 4. The van der Waals surface area contributed by atoms with Gasteiger partial charge in [0.2, 0.25) is 0 Å². The second kappa shape index (κ2) is 6.94. The van der Waals surface area contributed by atoms with E-state index in [1.54, 1.807) is 0 Å². The third-order valence-corrected chi connectivity index (χ3v) is 5.03. The Hall–Kier alpha value is -1.51. The monoisotopic (exact) mass is 328 g/mol. The van der Waals surface area contributed by atoms with Crippen molar-refractivity contribution in [3.63, 3.8) is 0 Å². The van der Waals surface area contributed by atoms with Gasteiger partial charge in [0.25, 0.3) is 0 Å². The molecule has 2 aliphatic rings. The maximum atomic E-state index is 2.65. The molecule has 0 amide bonds. The van der Waals surface area contributed by atoms with E-state index in [-0.39, 0.29) is 12.4 Å². The first-order valence-electron chi connectivity index (χ1n) is 8.42. The van der Waals surface area contributed by atoms with Crippen LogP contribution in [0.25, 0.3) is 0 Å². The number of fused-ring (bicyclic) bond motifs is 1. The summed E-state index contributed by atoms with van der Waals surface area (Å²) >= 11 is 0. The van der Waals surface area contributed by atoms with Gasteiger partial charge in [0.15, 0.2) is 0 Å². The van der Waals surface area contributed by atoms with Crippen LogP contribution < -0.4 is 4.90 Å². The van der Waals surface area contributed by atoms with Crippen LogP contribution in [0.4, 0.5) is 11.4 Å². The lowest BCUT2D eigenvalue weighted by Crippen LogP contribution is -2.32. The SMILES string of the molecule is CN(c1ccccc1)c1ccc2c(c1)CN(CC1CC1)CC2.Cl. The summed E-state index contributed by atoms with van der Waals surface area (Å²) in [7, 11) is 2.15. The Morgan fingerprint density at radius 3 is 2.52 bits per heavy atom. The van der Waals surface area contributed by atoms with Crippen molar-refractivity contribution >= 4 is 23.8 Å². The van der Waals surface area contributed by atoms with Gasteiger partial charge in [0.1, 0.15) is 0 Å². The zero-order chi connectivity index (χ0) is 14.9. The number of benzene rings is 2. The fraction of sp³-hybridized carbons (Fsp3) is 0.400. The second-order valence-electron chi connectivity index (χ2n) is 6.78. The molecule has 2 aromatic rings. The van der Waals surface area contributed by atoms with Crippen LogP contribution in [-0.2, 0) is 13.0 Å². The van der Waals surface area contributed by atoms with Gasteiger partial charge in [-0.25, -0.2) is 0 Å². The molecule has 23 heavy (non-hydrogen) atoms. The molecule has 0 radical (unpaired) electrons. The van der Waals surface area contributed by atoms with Crippen LogP contribution in [-0.4, -0.2) is 25.0 Å². The van der Waals surface area contributed by atoms with Crippen molar-refractivity contribution in [3.8, 4) is 0 Å². The molecular weight excluding hydrogens is 304 g/mol. The van der Waals surface area contributed by atoms with Gasteiger partial charge in [0.05, 0.1) is 0 Å². The van der Waals surface area contributed by atoms with E-state index in [0.717, 1.165) is 12.5 Å². The lowest BCUT2D eigenvalue weighted by molar-refractivity contribution is 0.244. The summed E-state index contributed by atoms with van der Waals surface area (Å²) < 4.78 is 0. The van der Waals surface area contributed by atoms with Crippen LogP contribution in [0.3, 0.4) is 0 Å². The maximum Gasteiger partial charge on any atom is 0.0411 e. The van der Waals surface area contributed by atoms with Crippen molar-refractivity contribution < 1.29 is 0 Å². The minimum Gasteiger partial charge on any atom is -0.345 e. The standard InChI is InChI=1S/C20H24N2.ClH/c1-21(19-5-3-2-4-6-19)20-10-9-17-11-12-22(14-16-7-8-16)15-18(17)13-20;/h2-6,9-10,13,16H,7-8,11-12,14-15H2,1H3;1H. The van der Waals surface area contributed by atoms with Crippen molar-refractivity contribution in [2.24, 2.45) is 5.92 Å². The van der Waals surface area contributed by atoms with Crippen molar-refractivity contribution in [1.29, 1.82) is 0 Å². The highest BCUT2D eigenvalue weighted by atomic mass is 35.5. The third kappa shape index (κ3) is 3.70. The average Bonchev–Trinajstić information content (AvgIpc) is 3.38. The first-order valence-corrected chi connectivity index (χ1v) is 8.42. The average molecular weight is 329 g/mol. The van der Waals surface area contributed by atoms with Crippen molar-refractivity contribution in [3.05, 3.63) is 59.7 Å². The van der Waals surface area contributed by atoms with Gasteiger partial charge < -0.3 is 4.90 Å². The Morgan fingerprint density at radius 1 is 1.00 bits per heavy atom. The van der Waals surface area contributed by atoms with Gasteiger partial charge in [0, 0.05) is 38.1 Å². The fourth-order valence-corrected chi connectivity index (χ4v) is 3.43. The Balaban J connectivity index is 0.00000156. The Morgan fingerprint density at radius 2 is 1.78 bits per heavy atom. The predicted molar refractivity (Wildman–Crippen MR) is 99.9 cm³/mol. The molecule has 4 rings (SSSR count). The summed E-state index contributed by atoms with van der Waals surface area (Å²) in [6, 6.07) is 17.6. The summed E-state index contributed by atoms with van der Waals surface area (Å²) in [6.07, 6.45) is 4.09. The van der Waals surface area contributed by atoms with E-state index in [1.165, 1.54) is 54.9 Å². The maximum absolute atomic E-state index is 2.65. The molecule has 0 unspecified atom stereocenters. The normalized spacial score (nSPS) is 17.3. The Bertz CT molecular complexity index is 652. The second-order valence-corrected chi connectivity index (χ2v) is 6.78. The highest BCUT2D eigenvalue weighted by molar-refractivity contribution is 5.85. The number of hydrogen-bond acceptors (Lipinski definition) is 2. The number of anilines is 2. The molecule has 1 fully saturated rings. The first-order chi connectivity index (χ1) is 10.8. The molecule has 122 valence electrons. The highest BCUT2D eigenvalue weighted by Crippen LogP contribution is 2.33. The van der Waals surface area contributed by atoms with E-state index in [0.29, 0.717) is 0 Å². The highest BCUT2D eigenvalue weighted by Gasteiger charge is 2.26. The molecule has 1 aliphatic carbocycles. The Labute approximate surface area is 145 Å². The molecule has 0 saturated heterocycles. The van der Waals surface area contributed by atoms with Gasteiger partial charge in [-0.1, -0.05) is 24.3 Å². The predicted octanol–water partition coefficient (Wildman–Crippen LogP) is 4.64. The summed E-state index contributed by atoms with van der Waals surface area (Å²) in [6.45, 7) is 3.66. The van der Waals surface area contributed by atoms with Crippen molar-refractivity contribution in [2.75, 3.05) is 25.0 Å². The van der Waals surface area contributed by atoms with E-state index in [4.69, 9.17) is 0 Å². The molecular formula is C20H25ClN2. The zero-order valence-electron chi connectivity index (χ0n) is 13.7. The topological polar surface area (TPSA) is 6.48 Å². The molecule has 0 atom stereocenters. The van der Waals surface area contributed by atoms with Gasteiger partial charge >= 0.3 is 0 Å². The first kappa shape index (κ1) is 16.4. The lowest BCUT2D eigenvalue weighted by atomic mass is 9.98. The van der Waals surface area contributed by atoms with Crippen LogP contribution in [0, 0.1) is 5.92 Å². The van der Waals surface area contributed by atoms with Gasteiger partial charge in [-0.05, 0) is 60.6 Å². The van der Waals surface area contributed by atoms with Crippen LogP contribution >= 0.6 is 12.4 Å². The third-order valence-electron chi connectivity index (χ3n) is 5.03. The van der Waals surface area contributed by atoms with E-state index in [1.807, 2.05) is 0 Å². The van der Waals surface area contributed by atoms with Crippen LogP contribution in [0.1, 0.15) is 24.0 Å². The van der Waals surface area contributed by atoms with E-state index in [9.17, 15) is 0 Å². The molecule has 0 N–H and O–H groups in total.